The molecule has 2 aromatic rings. The molecule has 0 saturated carbocycles. The molecule has 3 N–H and O–H groups in total. The molecule has 3 heteroatoms. The molecule has 0 aromatic heterocycles. The van der Waals surface area contributed by atoms with Crippen molar-refractivity contribution < 1.29 is 4.74 Å². The lowest BCUT2D eigenvalue weighted by Gasteiger charge is -2.08. The first-order valence-corrected chi connectivity index (χ1v) is 6.57. The summed E-state index contributed by atoms with van der Waals surface area (Å²) in [6, 6.07) is 18.8. The number of hydrogen-bond acceptors (Lipinski definition) is 3. The van der Waals surface area contributed by atoms with Gasteiger partial charge < -0.3 is 15.8 Å². The van der Waals surface area contributed by atoms with Gasteiger partial charge in [-0.3, -0.25) is 0 Å². The van der Waals surface area contributed by atoms with Gasteiger partial charge in [-0.25, -0.2) is 0 Å². The lowest BCUT2D eigenvalue weighted by atomic mass is 10.1. The van der Waals surface area contributed by atoms with Crippen LogP contribution in [0.25, 0.3) is 11.1 Å². The highest BCUT2D eigenvalue weighted by molar-refractivity contribution is 5.65. The molecule has 0 aliphatic heterocycles. The Kier molecular flexibility index (Phi) is 5.41. The summed E-state index contributed by atoms with van der Waals surface area (Å²) in [5, 5.41) is 3.32. The molecule has 100 valence electrons. The van der Waals surface area contributed by atoms with Gasteiger partial charge in [0.2, 0.25) is 0 Å². The number of nitrogens with two attached hydrogens (primary N) is 1. The zero-order valence-electron chi connectivity index (χ0n) is 11.0. The van der Waals surface area contributed by atoms with E-state index >= 15 is 0 Å². The van der Waals surface area contributed by atoms with Crippen LogP contribution in [-0.4, -0.2) is 26.3 Å². The van der Waals surface area contributed by atoms with Gasteiger partial charge in [0, 0.05) is 18.8 Å². The molecule has 0 heterocycles. The monoisotopic (exact) mass is 256 g/mol. The molecule has 0 amide bonds. The summed E-state index contributed by atoms with van der Waals surface area (Å²) in [7, 11) is 0. The lowest BCUT2D eigenvalue weighted by molar-refractivity contribution is 0.151. The highest BCUT2D eigenvalue weighted by Crippen LogP contribution is 2.20. The van der Waals surface area contributed by atoms with E-state index in [0.29, 0.717) is 19.8 Å². The van der Waals surface area contributed by atoms with Gasteiger partial charge >= 0.3 is 0 Å². The Morgan fingerprint density at radius 3 is 2.21 bits per heavy atom. The third kappa shape index (κ3) is 4.39. The Balaban J connectivity index is 1.85. The van der Waals surface area contributed by atoms with Crippen LogP contribution in [-0.2, 0) is 4.74 Å². The molecule has 2 aromatic carbocycles. The zero-order chi connectivity index (χ0) is 13.3. The normalized spacial score (nSPS) is 10.4. The highest BCUT2D eigenvalue weighted by atomic mass is 16.5. The van der Waals surface area contributed by atoms with Gasteiger partial charge in [0.05, 0.1) is 13.2 Å². The van der Waals surface area contributed by atoms with Crippen LogP contribution in [0.15, 0.2) is 54.6 Å². The Morgan fingerprint density at radius 2 is 1.53 bits per heavy atom. The first kappa shape index (κ1) is 13.6. The molecule has 0 aliphatic carbocycles. The second-order valence-corrected chi connectivity index (χ2v) is 4.27. The first-order valence-electron chi connectivity index (χ1n) is 6.57. The minimum absolute atomic E-state index is 0.575. The van der Waals surface area contributed by atoms with Crippen molar-refractivity contribution in [2.45, 2.75) is 0 Å². The third-order valence-electron chi connectivity index (χ3n) is 2.83. The molecule has 0 fully saturated rings. The summed E-state index contributed by atoms with van der Waals surface area (Å²) in [6.07, 6.45) is 0. The summed E-state index contributed by atoms with van der Waals surface area (Å²) >= 11 is 0. The molecule has 0 unspecified atom stereocenters. The number of anilines is 1. The molecule has 0 saturated heterocycles. The second kappa shape index (κ2) is 7.56. The fourth-order valence-electron chi connectivity index (χ4n) is 1.86. The van der Waals surface area contributed by atoms with Crippen LogP contribution in [0, 0.1) is 0 Å². The van der Waals surface area contributed by atoms with Gasteiger partial charge in [-0.15, -0.1) is 0 Å². The van der Waals surface area contributed by atoms with Crippen molar-refractivity contribution in [3.63, 3.8) is 0 Å². The largest absolute Gasteiger partial charge is 0.383 e. The van der Waals surface area contributed by atoms with Crippen molar-refractivity contribution in [3.05, 3.63) is 54.6 Å². The number of hydrogen-bond donors (Lipinski definition) is 2. The molecule has 0 bridgehead atoms. The predicted molar refractivity (Wildman–Crippen MR) is 80.2 cm³/mol. The van der Waals surface area contributed by atoms with E-state index in [4.69, 9.17) is 10.5 Å². The van der Waals surface area contributed by atoms with E-state index in [1.54, 1.807) is 0 Å². The van der Waals surface area contributed by atoms with Crippen LogP contribution in [0.5, 0.6) is 0 Å². The summed E-state index contributed by atoms with van der Waals surface area (Å²) in [4.78, 5) is 0. The minimum Gasteiger partial charge on any atom is -0.383 e. The molecule has 0 atom stereocenters. The fraction of sp³-hybridized carbons (Fsp3) is 0.250. The summed E-state index contributed by atoms with van der Waals surface area (Å²) < 4.78 is 5.31. The average Bonchev–Trinajstić information content (AvgIpc) is 2.49. The quantitative estimate of drug-likeness (QED) is 0.749. The van der Waals surface area contributed by atoms with Gasteiger partial charge in [-0.1, -0.05) is 42.5 Å². The maximum atomic E-state index is 5.35. The highest BCUT2D eigenvalue weighted by Gasteiger charge is 1.97. The van der Waals surface area contributed by atoms with Crippen molar-refractivity contribution >= 4 is 5.69 Å². The zero-order valence-corrected chi connectivity index (χ0v) is 11.0. The molecule has 2 rings (SSSR count). The van der Waals surface area contributed by atoms with Crippen molar-refractivity contribution in [3.8, 4) is 11.1 Å². The van der Waals surface area contributed by atoms with E-state index in [2.05, 4.69) is 53.8 Å². The van der Waals surface area contributed by atoms with Crippen molar-refractivity contribution in [1.82, 2.24) is 0 Å². The van der Waals surface area contributed by atoms with Crippen LogP contribution in [0.1, 0.15) is 0 Å². The molecular weight excluding hydrogens is 236 g/mol. The Hall–Kier alpha value is -1.84. The van der Waals surface area contributed by atoms with Gasteiger partial charge in [0.1, 0.15) is 0 Å². The number of rotatable bonds is 7. The summed E-state index contributed by atoms with van der Waals surface area (Å²) in [5.41, 5.74) is 8.92. The SMILES string of the molecule is NCCOCCNc1ccc(-c2ccccc2)cc1. The Morgan fingerprint density at radius 1 is 0.842 bits per heavy atom. The number of benzene rings is 2. The number of nitrogens with one attached hydrogen (secondary N) is 1. The van der Waals surface area contributed by atoms with Crippen LogP contribution >= 0.6 is 0 Å². The molecule has 0 spiro atoms. The second-order valence-electron chi connectivity index (χ2n) is 4.27. The van der Waals surface area contributed by atoms with E-state index in [9.17, 15) is 0 Å². The third-order valence-corrected chi connectivity index (χ3v) is 2.83. The first-order chi connectivity index (χ1) is 9.40. The van der Waals surface area contributed by atoms with Crippen molar-refractivity contribution in [2.24, 2.45) is 5.73 Å². The summed E-state index contributed by atoms with van der Waals surface area (Å²) in [5.74, 6) is 0. The van der Waals surface area contributed by atoms with Crippen molar-refractivity contribution in [2.75, 3.05) is 31.6 Å². The Labute approximate surface area is 114 Å². The molecule has 19 heavy (non-hydrogen) atoms. The topological polar surface area (TPSA) is 47.3 Å². The van der Waals surface area contributed by atoms with Crippen LogP contribution in [0.3, 0.4) is 0 Å². The molecule has 0 aliphatic rings. The van der Waals surface area contributed by atoms with Gasteiger partial charge in [-0.2, -0.15) is 0 Å². The standard InChI is InChI=1S/C16H20N2O/c17-10-12-19-13-11-18-16-8-6-15(7-9-16)14-4-2-1-3-5-14/h1-9,18H,10-13,17H2. The molecule has 0 radical (unpaired) electrons. The maximum Gasteiger partial charge on any atom is 0.0639 e. The van der Waals surface area contributed by atoms with Gasteiger partial charge in [0.15, 0.2) is 0 Å². The smallest absolute Gasteiger partial charge is 0.0639 e. The van der Waals surface area contributed by atoms with Crippen LogP contribution in [0.4, 0.5) is 5.69 Å². The average molecular weight is 256 g/mol. The van der Waals surface area contributed by atoms with E-state index in [0.717, 1.165) is 12.2 Å². The summed E-state index contributed by atoms with van der Waals surface area (Å²) in [6.45, 7) is 2.67. The van der Waals surface area contributed by atoms with Crippen LogP contribution < -0.4 is 11.1 Å². The number of ether oxygens (including phenoxy) is 1. The van der Waals surface area contributed by atoms with E-state index in [-0.39, 0.29) is 0 Å². The van der Waals surface area contributed by atoms with E-state index in [1.165, 1.54) is 11.1 Å². The lowest BCUT2D eigenvalue weighted by Crippen LogP contribution is -2.14. The molecule has 3 nitrogen and oxygen atoms in total. The van der Waals surface area contributed by atoms with E-state index < -0.39 is 0 Å². The van der Waals surface area contributed by atoms with E-state index in [1.807, 2.05) is 6.07 Å². The van der Waals surface area contributed by atoms with Gasteiger partial charge in [-0.05, 0) is 23.3 Å². The predicted octanol–water partition coefficient (Wildman–Crippen LogP) is 2.74. The van der Waals surface area contributed by atoms with Crippen molar-refractivity contribution in [1.29, 1.82) is 0 Å². The minimum atomic E-state index is 0.575. The Bertz CT molecular complexity index is 468. The molecular formula is C16H20N2O. The van der Waals surface area contributed by atoms with Crippen LogP contribution in [0.2, 0.25) is 0 Å². The van der Waals surface area contributed by atoms with Gasteiger partial charge in [0.25, 0.3) is 0 Å². The maximum absolute atomic E-state index is 5.35. The fourth-order valence-corrected chi connectivity index (χ4v) is 1.86.